The Morgan fingerprint density at radius 1 is 1.22 bits per heavy atom. The summed E-state index contributed by atoms with van der Waals surface area (Å²) in [7, 11) is 0. The second-order valence-electron chi connectivity index (χ2n) is 5.64. The molecule has 9 heteroatoms. The van der Waals surface area contributed by atoms with Crippen LogP contribution in [0.4, 0.5) is 0 Å². The summed E-state index contributed by atoms with van der Waals surface area (Å²) in [6.45, 7) is 2.32. The van der Waals surface area contributed by atoms with Gasteiger partial charge in [-0.3, -0.25) is 4.79 Å². The maximum atomic E-state index is 12.6. The molecule has 0 aliphatic heterocycles. The number of thiazole rings is 1. The fraction of sp³-hybridized carbons (Fsp3) is 0.167. The van der Waals surface area contributed by atoms with Gasteiger partial charge in [0.25, 0.3) is 0 Å². The smallest absolute Gasteiger partial charge is 0.341 e. The lowest BCUT2D eigenvalue weighted by Crippen LogP contribution is -2.23. The van der Waals surface area contributed by atoms with Gasteiger partial charge in [-0.1, -0.05) is 40.9 Å². The zero-order valence-corrected chi connectivity index (χ0v) is 17.1. The van der Waals surface area contributed by atoms with Crippen molar-refractivity contribution in [3.05, 3.63) is 71.3 Å². The molecule has 0 unspecified atom stereocenters. The first kappa shape index (κ1) is 19.9. The molecule has 0 spiro atoms. The van der Waals surface area contributed by atoms with Crippen molar-refractivity contribution in [1.29, 1.82) is 0 Å². The third kappa shape index (κ3) is 4.04. The molecule has 0 bridgehead atoms. The lowest BCUT2D eigenvalue weighted by atomic mass is 10.0. The topological polar surface area (TPSA) is 72.2 Å². The molecule has 0 aliphatic rings. The number of nitrogens with zero attached hydrogens (tertiary/aromatic N) is 2. The van der Waals surface area contributed by atoms with Gasteiger partial charge < -0.3 is 9.67 Å². The molecule has 2 aromatic heterocycles. The fourth-order valence-corrected chi connectivity index (χ4v) is 4.13. The van der Waals surface area contributed by atoms with Crippen LogP contribution in [0.2, 0.25) is 15.2 Å². The summed E-state index contributed by atoms with van der Waals surface area (Å²) in [6.07, 6.45) is 0.356. The highest BCUT2D eigenvalue weighted by Gasteiger charge is 2.22. The van der Waals surface area contributed by atoms with E-state index >= 15 is 0 Å². The molecule has 2 heterocycles. The first-order valence-electron chi connectivity index (χ1n) is 7.87. The van der Waals surface area contributed by atoms with Crippen LogP contribution in [0, 0.1) is 0 Å². The van der Waals surface area contributed by atoms with Gasteiger partial charge in [-0.15, -0.1) is 11.3 Å². The van der Waals surface area contributed by atoms with E-state index in [9.17, 15) is 14.7 Å². The van der Waals surface area contributed by atoms with Crippen molar-refractivity contribution >= 4 is 52.1 Å². The summed E-state index contributed by atoms with van der Waals surface area (Å²) in [5, 5.41) is 13.1. The normalized spacial score (nSPS) is 11.0. The number of carboxylic acids is 1. The van der Waals surface area contributed by atoms with Gasteiger partial charge in [0, 0.05) is 35.7 Å². The molecule has 1 N–H and O–H groups in total. The Morgan fingerprint density at radius 2 is 1.96 bits per heavy atom. The number of rotatable bonds is 5. The number of aromatic carboxylic acids is 1. The van der Waals surface area contributed by atoms with Crippen molar-refractivity contribution in [3.63, 3.8) is 0 Å². The minimum Gasteiger partial charge on any atom is -0.477 e. The van der Waals surface area contributed by atoms with E-state index in [1.165, 1.54) is 17.4 Å². The number of hydrogen-bond donors (Lipinski definition) is 1. The summed E-state index contributed by atoms with van der Waals surface area (Å²) < 4.78 is 1.78. The van der Waals surface area contributed by atoms with Gasteiger partial charge >= 0.3 is 5.97 Å². The number of hydrogen-bond acceptors (Lipinski definition) is 4. The van der Waals surface area contributed by atoms with E-state index in [0.29, 0.717) is 34.4 Å². The Bertz CT molecular complexity index is 1090. The van der Waals surface area contributed by atoms with Crippen LogP contribution in [0.3, 0.4) is 0 Å². The Hall–Kier alpha value is -1.86. The minimum atomic E-state index is -1.30. The lowest BCUT2D eigenvalue weighted by Gasteiger charge is -2.19. The zero-order chi connectivity index (χ0) is 19.7. The second kappa shape index (κ2) is 8.02. The highest BCUT2D eigenvalue weighted by molar-refractivity contribution is 7.10. The molecular weight excluding hydrogens is 431 g/mol. The molecule has 27 heavy (non-hydrogen) atoms. The number of carbonyl (C=O) groups is 1. The van der Waals surface area contributed by atoms with Crippen molar-refractivity contribution in [2.45, 2.75) is 19.9 Å². The van der Waals surface area contributed by atoms with Crippen LogP contribution in [0.25, 0.3) is 11.3 Å². The highest BCUT2D eigenvalue weighted by Crippen LogP contribution is 2.31. The first-order chi connectivity index (χ1) is 12.8. The average molecular weight is 444 g/mol. The molecule has 0 saturated heterocycles. The molecule has 0 amide bonds. The minimum absolute atomic E-state index is 0.276. The summed E-state index contributed by atoms with van der Waals surface area (Å²) in [6, 6.07) is 6.11. The predicted molar refractivity (Wildman–Crippen MR) is 109 cm³/mol. The molecule has 0 radical (unpaired) electrons. The van der Waals surface area contributed by atoms with Crippen LogP contribution < -0.4 is 5.43 Å². The van der Waals surface area contributed by atoms with Crippen molar-refractivity contribution in [3.8, 4) is 11.3 Å². The monoisotopic (exact) mass is 442 g/mol. The van der Waals surface area contributed by atoms with Crippen molar-refractivity contribution in [2.75, 3.05) is 0 Å². The lowest BCUT2D eigenvalue weighted by molar-refractivity contribution is 0.0695. The molecule has 0 aliphatic carbocycles. The van der Waals surface area contributed by atoms with E-state index in [0.717, 1.165) is 5.01 Å². The van der Waals surface area contributed by atoms with Gasteiger partial charge in [0.15, 0.2) is 5.43 Å². The van der Waals surface area contributed by atoms with Crippen LogP contribution in [-0.4, -0.2) is 20.6 Å². The highest BCUT2D eigenvalue weighted by atomic mass is 35.5. The largest absolute Gasteiger partial charge is 0.477 e. The van der Waals surface area contributed by atoms with E-state index in [-0.39, 0.29) is 16.3 Å². The average Bonchev–Trinajstić information content (AvgIpc) is 3.01. The van der Waals surface area contributed by atoms with E-state index in [4.69, 9.17) is 34.8 Å². The van der Waals surface area contributed by atoms with Gasteiger partial charge in [0.2, 0.25) is 0 Å². The van der Waals surface area contributed by atoms with Gasteiger partial charge in [-0.2, -0.15) is 0 Å². The summed E-state index contributed by atoms with van der Waals surface area (Å²) in [4.78, 5) is 28.6. The molecule has 3 aromatic rings. The third-order valence-corrected chi connectivity index (χ3v) is 5.89. The van der Waals surface area contributed by atoms with Gasteiger partial charge in [0.1, 0.15) is 15.7 Å². The molecule has 5 nitrogen and oxygen atoms in total. The predicted octanol–water partition coefficient (Wildman–Crippen LogP) is 5.24. The maximum absolute atomic E-state index is 12.6. The first-order valence-corrected chi connectivity index (χ1v) is 9.88. The van der Waals surface area contributed by atoms with Crippen molar-refractivity contribution < 1.29 is 9.90 Å². The summed E-state index contributed by atoms with van der Waals surface area (Å²) in [5.41, 5.74) is 0.537. The Balaban J connectivity index is 2.29. The molecule has 0 saturated carbocycles. The second-order valence-corrected chi connectivity index (χ2v) is 7.79. The molecule has 140 valence electrons. The number of carboxylic acid groups (broad SMARTS) is 1. The van der Waals surface area contributed by atoms with E-state index in [2.05, 4.69) is 4.98 Å². The summed E-state index contributed by atoms with van der Waals surface area (Å²) in [5.74, 6) is -1.30. The van der Waals surface area contributed by atoms with Crippen LogP contribution in [-0.2, 0) is 13.0 Å². The van der Waals surface area contributed by atoms with Crippen LogP contribution in [0.15, 0.2) is 34.4 Å². The van der Waals surface area contributed by atoms with Gasteiger partial charge in [-0.05, 0) is 19.1 Å². The molecule has 3 rings (SSSR count). The standard InChI is InChI=1S/C18H13Cl3N2O3S/c1-2-23-10(7-15-22-14(21)8-27-15)6-13(24)16(18(25)26)17(23)9-3-4-11(19)12(20)5-9/h3-6,8H,2,7H2,1H3,(H,25,26). The number of benzene rings is 1. The zero-order valence-electron chi connectivity index (χ0n) is 14.0. The number of aromatic nitrogens is 2. The Kier molecular flexibility index (Phi) is 5.91. The molecule has 0 atom stereocenters. The Labute approximate surface area is 173 Å². The van der Waals surface area contributed by atoms with Crippen LogP contribution in [0.5, 0.6) is 0 Å². The Morgan fingerprint density at radius 3 is 2.52 bits per heavy atom. The SMILES string of the molecule is CCn1c(Cc2nc(Cl)cs2)cc(=O)c(C(=O)O)c1-c1ccc(Cl)c(Cl)c1. The number of pyridine rings is 1. The van der Waals surface area contributed by atoms with Gasteiger partial charge in [0.05, 0.1) is 15.7 Å². The fourth-order valence-electron chi connectivity index (χ4n) is 2.88. The van der Waals surface area contributed by atoms with Gasteiger partial charge in [-0.25, -0.2) is 9.78 Å². The number of halogens is 3. The quantitative estimate of drug-likeness (QED) is 0.585. The maximum Gasteiger partial charge on any atom is 0.341 e. The van der Waals surface area contributed by atoms with E-state index in [1.54, 1.807) is 28.1 Å². The van der Waals surface area contributed by atoms with Crippen LogP contribution in [0.1, 0.15) is 28.0 Å². The molecule has 0 fully saturated rings. The van der Waals surface area contributed by atoms with E-state index < -0.39 is 11.4 Å². The molecule has 1 aromatic carbocycles. The third-order valence-electron chi connectivity index (χ3n) is 3.98. The van der Waals surface area contributed by atoms with Crippen molar-refractivity contribution in [2.24, 2.45) is 0 Å². The van der Waals surface area contributed by atoms with E-state index in [1.807, 2.05) is 6.92 Å². The van der Waals surface area contributed by atoms with Crippen LogP contribution >= 0.6 is 46.1 Å². The van der Waals surface area contributed by atoms with Crippen molar-refractivity contribution in [1.82, 2.24) is 9.55 Å². The molecular formula is C18H13Cl3N2O3S. The summed E-state index contributed by atoms with van der Waals surface area (Å²) >= 11 is 19.3.